The van der Waals surface area contributed by atoms with E-state index in [0.29, 0.717) is 5.75 Å². The van der Waals surface area contributed by atoms with Gasteiger partial charge in [-0.2, -0.15) is 0 Å². The second-order valence-corrected chi connectivity index (χ2v) is 7.03. The van der Waals surface area contributed by atoms with Crippen LogP contribution >= 0.6 is 0 Å². The minimum Gasteiger partial charge on any atom is -0.484 e. The van der Waals surface area contributed by atoms with Crippen LogP contribution in [0, 0.1) is 5.41 Å². The molecule has 0 radical (unpaired) electrons. The van der Waals surface area contributed by atoms with Crippen molar-refractivity contribution in [2.45, 2.75) is 40.0 Å². The van der Waals surface area contributed by atoms with Crippen LogP contribution in [0.15, 0.2) is 24.3 Å². The Bertz CT molecular complexity index is 527. The van der Waals surface area contributed by atoms with Gasteiger partial charge in [0.15, 0.2) is 6.61 Å². The van der Waals surface area contributed by atoms with Crippen molar-refractivity contribution in [3.05, 3.63) is 29.8 Å². The number of carboxylic acid groups (broad SMARTS) is 1. The third kappa shape index (κ3) is 5.39. The minimum absolute atomic E-state index is 0.0630. The first kappa shape index (κ1) is 18.0. The second-order valence-electron chi connectivity index (χ2n) is 7.03. The summed E-state index contributed by atoms with van der Waals surface area (Å²) in [5.41, 5.74) is 0.259. The van der Waals surface area contributed by atoms with Crippen molar-refractivity contribution >= 4 is 11.9 Å². The number of ether oxygens (including phenoxy) is 1. The second kappa shape index (κ2) is 6.81. The van der Waals surface area contributed by atoms with Crippen LogP contribution in [0.25, 0.3) is 0 Å². The van der Waals surface area contributed by atoms with Gasteiger partial charge in [-0.05, 0) is 37.0 Å². The predicted octanol–water partition coefficient (Wildman–Crippen LogP) is 2.59. The molecule has 5 nitrogen and oxygen atoms in total. The van der Waals surface area contributed by atoms with Crippen LogP contribution in [0.1, 0.15) is 40.2 Å². The number of amides is 1. The summed E-state index contributed by atoms with van der Waals surface area (Å²) in [7, 11) is 0. The van der Waals surface area contributed by atoms with E-state index in [1.54, 1.807) is 13.8 Å². The molecule has 1 aromatic carbocycles. The molecule has 122 valence electrons. The van der Waals surface area contributed by atoms with E-state index in [0.717, 1.165) is 0 Å². The Morgan fingerprint density at radius 1 is 1.09 bits per heavy atom. The number of rotatable bonds is 6. The van der Waals surface area contributed by atoms with Crippen molar-refractivity contribution in [3.8, 4) is 5.75 Å². The van der Waals surface area contributed by atoms with Crippen molar-refractivity contribution in [1.82, 2.24) is 5.32 Å². The third-order valence-corrected chi connectivity index (χ3v) is 3.40. The maximum atomic E-state index is 11.7. The quantitative estimate of drug-likeness (QED) is 0.847. The molecule has 0 aliphatic heterocycles. The zero-order valence-electron chi connectivity index (χ0n) is 13.9. The van der Waals surface area contributed by atoms with Crippen LogP contribution in [0.5, 0.6) is 5.75 Å². The number of benzene rings is 1. The Hall–Kier alpha value is -2.04. The number of carboxylic acids is 1. The van der Waals surface area contributed by atoms with Crippen LogP contribution in [-0.4, -0.2) is 30.1 Å². The van der Waals surface area contributed by atoms with Crippen LogP contribution in [0.3, 0.4) is 0 Å². The van der Waals surface area contributed by atoms with Gasteiger partial charge in [-0.25, -0.2) is 0 Å². The fraction of sp³-hybridized carbons (Fsp3) is 0.529. The maximum absolute atomic E-state index is 11.7. The van der Waals surface area contributed by atoms with E-state index in [9.17, 15) is 9.59 Å². The van der Waals surface area contributed by atoms with Gasteiger partial charge in [0.05, 0.1) is 5.41 Å². The summed E-state index contributed by atoms with van der Waals surface area (Å²) in [4.78, 5) is 22.6. The van der Waals surface area contributed by atoms with E-state index in [1.165, 1.54) is 5.56 Å². The lowest BCUT2D eigenvalue weighted by atomic mass is 9.87. The molecule has 2 N–H and O–H groups in total. The molecule has 0 bridgehead atoms. The van der Waals surface area contributed by atoms with Gasteiger partial charge < -0.3 is 15.2 Å². The fourth-order valence-electron chi connectivity index (χ4n) is 1.65. The Morgan fingerprint density at radius 3 is 2.09 bits per heavy atom. The molecular formula is C17H25NO4. The molecule has 1 aromatic rings. The molecule has 5 heteroatoms. The summed E-state index contributed by atoms with van der Waals surface area (Å²) < 4.78 is 5.40. The molecule has 0 atom stereocenters. The topological polar surface area (TPSA) is 75.6 Å². The van der Waals surface area contributed by atoms with Crippen molar-refractivity contribution < 1.29 is 19.4 Å². The van der Waals surface area contributed by atoms with Crippen LogP contribution in [0.4, 0.5) is 0 Å². The maximum Gasteiger partial charge on any atom is 0.310 e. The highest BCUT2D eigenvalue weighted by Gasteiger charge is 2.27. The summed E-state index contributed by atoms with van der Waals surface area (Å²) in [6.45, 7) is 9.42. The minimum atomic E-state index is -0.996. The van der Waals surface area contributed by atoms with Gasteiger partial charge in [0.2, 0.25) is 0 Å². The molecule has 0 saturated carbocycles. The Kier molecular flexibility index (Phi) is 5.58. The SMILES string of the molecule is CC(C)(CNC(=O)COc1ccc(C(C)(C)C)cc1)C(=O)O. The zero-order chi connectivity index (χ0) is 17.0. The summed E-state index contributed by atoms with van der Waals surface area (Å²) in [5, 5.41) is 11.5. The van der Waals surface area contributed by atoms with Gasteiger partial charge in [-0.3, -0.25) is 9.59 Å². The molecule has 0 fully saturated rings. The molecule has 1 amide bonds. The first-order valence-corrected chi connectivity index (χ1v) is 7.26. The van der Waals surface area contributed by atoms with Gasteiger partial charge in [0, 0.05) is 6.54 Å². The molecule has 0 saturated heterocycles. The highest BCUT2D eigenvalue weighted by Crippen LogP contribution is 2.24. The molecule has 0 unspecified atom stereocenters. The largest absolute Gasteiger partial charge is 0.484 e. The van der Waals surface area contributed by atoms with Gasteiger partial charge in [0.25, 0.3) is 5.91 Å². The Labute approximate surface area is 131 Å². The molecular weight excluding hydrogens is 282 g/mol. The highest BCUT2D eigenvalue weighted by atomic mass is 16.5. The predicted molar refractivity (Wildman–Crippen MR) is 85.1 cm³/mol. The number of carbonyl (C=O) groups excluding carboxylic acids is 1. The van der Waals surface area contributed by atoms with E-state index in [-0.39, 0.29) is 24.5 Å². The van der Waals surface area contributed by atoms with Crippen molar-refractivity contribution in [1.29, 1.82) is 0 Å². The van der Waals surface area contributed by atoms with Gasteiger partial charge in [-0.15, -0.1) is 0 Å². The van der Waals surface area contributed by atoms with E-state index >= 15 is 0 Å². The molecule has 0 aromatic heterocycles. The third-order valence-electron chi connectivity index (χ3n) is 3.40. The van der Waals surface area contributed by atoms with Gasteiger partial charge in [0.1, 0.15) is 5.75 Å². The van der Waals surface area contributed by atoms with Crippen LogP contribution < -0.4 is 10.1 Å². The van der Waals surface area contributed by atoms with E-state index in [1.807, 2.05) is 24.3 Å². The van der Waals surface area contributed by atoms with E-state index < -0.39 is 11.4 Å². The Morgan fingerprint density at radius 2 is 1.64 bits per heavy atom. The lowest BCUT2D eigenvalue weighted by Gasteiger charge is -2.20. The molecule has 0 heterocycles. The molecule has 22 heavy (non-hydrogen) atoms. The van der Waals surface area contributed by atoms with Crippen LogP contribution in [-0.2, 0) is 15.0 Å². The first-order valence-electron chi connectivity index (χ1n) is 7.26. The molecule has 0 aliphatic rings. The van der Waals surface area contributed by atoms with E-state index in [2.05, 4.69) is 26.1 Å². The normalized spacial score (nSPS) is 11.9. The van der Waals surface area contributed by atoms with Crippen molar-refractivity contribution in [2.75, 3.05) is 13.2 Å². The number of hydrogen-bond donors (Lipinski definition) is 2. The summed E-state index contributed by atoms with van der Waals surface area (Å²) in [6, 6.07) is 7.60. The van der Waals surface area contributed by atoms with Crippen molar-refractivity contribution in [2.24, 2.45) is 5.41 Å². The lowest BCUT2D eigenvalue weighted by molar-refractivity contribution is -0.146. The fourth-order valence-corrected chi connectivity index (χ4v) is 1.65. The van der Waals surface area contributed by atoms with E-state index in [4.69, 9.17) is 9.84 Å². The average molecular weight is 307 g/mol. The number of nitrogens with one attached hydrogen (secondary N) is 1. The summed E-state index contributed by atoms with van der Waals surface area (Å²) >= 11 is 0. The number of hydrogen-bond acceptors (Lipinski definition) is 3. The molecule has 0 spiro atoms. The van der Waals surface area contributed by atoms with Gasteiger partial charge >= 0.3 is 5.97 Å². The first-order chi connectivity index (χ1) is 10.0. The average Bonchev–Trinajstić information content (AvgIpc) is 2.42. The Balaban J connectivity index is 2.46. The standard InChI is InChI=1S/C17H25NO4/c1-16(2,3)12-6-8-13(9-7-12)22-10-14(19)18-11-17(4,5)15(20)21/h6-9H,10-11H2,1-5H3,(H,18,19)(H,20,21). The monoisotopic (exact) mass is 307 g/mol. The number of aliphatic carboxylic acids is 1. The zero-order valence-corrected chi connectivity index (χ0v) is 13.9. The van der Waals surface area contributed by atoms with Crippen LogP contribution in [0.2, 0.25) is 0 Å². The smallest absolute Gasteiger partial charge is 0.310 e. The highest BCUT2D eigenvalue weighted by molar-refractivity contribution is 5.79. The van der Waals surface area contributed by atoms with Crippen molar-refractivity contribution in [3.63, 3.8) is 0 Å². The number of carbonyl (C=O) groups is 2. The van der Waals surface area contributed by atoms with Gasteiger partial charge in [-0.1, -0.05) is 32.9 Å². The summed E-state index contributed by atoms with van der Waals surface area (Å²) in [6.07, 6.45) is 0. The molecule has 1 rings (SSSR count). The molecule has 0 aliphatic carbocycles. The lowest BCUT2D eigenvalue weighted by Crippen LogP contribution is -2.40. The summed E-state index contributed by atoms with van der Waals surface area (Å²) in [5.74, 6) is -0.679.